The molecule has 2 saturated carbocycles. The minimum Gasteiger partial charge on any atom is -0.339 e. The topological polar surface area (TPSA) is 57.7 Å². The Kier molecular flexibility index (Phi) is 5.62. The highest BCUT2D eigenvalue weighted by Crippen LogP contribution is 2.48. The first-order chi connectivity index (χ1) is 13.1. The normalized spacial score (nSPS) is 26.8. The third-order valence-electron chi connectivity index (χ3n) is 6.22. The van der Waals surface area contributed by atoms with Gasteiger partial charge in [-0.05, 0) is 30.7 Å². The number of hydrogen-bond acceptors (Lipinski definition) is 3. The van der Waals surface area contributed by atoms with Crippen LogP contribution in [0.1, 0.15) is 43.6 Å². The number of carbonyl (C=O) groups is 2. The van der Waals surface area contributed by atoms with E-state index in [0.717, 1.165) is 32.1 Å². The Bertz CT molecular complexity index is 709. The van der Waals surface area contributed by atoms with E-state index >= 15 is 0 Å². The minimum absolute atomic E-state index is 0.0130. The lowest BCUT2D eigenvalue weighted by atomic mass is 10.1. The first-order valence-corrected chi connectivity index (χ1v) is 11.5. The van der Waals surface area contributed by atoms with Crippen LogP contribution < -0.4 is 0 Å². The molecule has 0 aromatic heterocycles. The molecule has 1 saturated heterocycles. The molecule has 0 bridgehead atoms. The molecule has 1 aliphatic heterocycles. The number of rotatable bonds is 5. The van der Waals surface area contributed by atoms with E-state index in [0.29, 0.717) is 32.1 Å². The van der Waals surface area contributed by atoms with Crippen LogP contribution in [0.5, 0.6) is 0 Å². The van der Waals surface area contributed by atoms with Gasteiger partial charge in [-0.15, -0.1) is 0 Å². The van der Waals surface area contributed by atoms with E-state index in [1.165, 1.54) is 5.56 Å². The number of piperazine rings is 1. The molecule has 5 nitrogen and oxygen atoms in total. The molecule has 6 heteroatoms. The summed E-state index contributed by atoms with van der Waals surface area (Å²) in [5.41, 5.74) is 1.25. The number of hydrogen-bond donors (Lipinski definition) is 0. The van der Waals surface area contributed by atoms with Gasteiger partial charge in [-0.2, -0.15) is 0 Å². The van der Waals surface area contributed by atoms with E-state index in [2.05, 4.69) is 12.1 Å². The predicted molar refractivity (Wildman–Crippen MR) is 106 cm³/mol. The second kappa shape index (κ2) is 8.13. The molecule has 27 heavy (non-hydrogen) atoms. The summed E-state index contributed by atoms with van der Waals surface area (Å²) in [6, 6.07) is 10.2. The molecule has 3 atom stereocenters. The zero-order valence-electron chi connectivity index (χ0n) is 15.7. The van der Waals surface area contributed by atoms with Crippen LogP contribution in [-0.2, 0) is 20.4 Å². The van der Waals surface area contributed by atoms with Crippen molar-refractivity contribution in [1.29, 1.82) is 0 Å². The first-order valence-electron chi connectivity index (χ1n) is 10.1. The van der Waals surface area contributed by atoms with Gasteiger partial charge in [-0.1, -0.05) is 43.2 Å². The van der Waals surface area contributed by atoms with Gasteiger partial charge in [0.2, 0.25) is 11.8 Å². The number of carbonyl (C=O) groups excluding carboxylic acids is 2. The van der Waals surface area contributed by atoms with Gasteiger partial charge < -0.3 is 9.80 Å². The summed E-state index contributed by atoms with van der Waals surface area (Å²) in [6.07, 6.45) is 5.19. The van der Waals surface area contributed by atoms with Crippen molar-refractivity contribution in [3.8, 4) is 0 Å². The van der Waals surface area contributed by atoms with Crippen LogP contribution in [0.25, 0.3) is 0 Å². The average Bonchev–Trinajstić information content (AvgIpc) is 3.31. The molecule has 1 aromatic rings. The molecule has 2 unspecified atom stereocenters. The van der Waals surface area contributed by atoms with E-state index < -0.39 is 10.8 Å². The van der Waals surface area contributed by atoms with Crippen LogP contribution in [0.4, 0.5) is 0 Å². The van der Waals surface area contributed by atoms with Crippen LogP contribution in [0, 0.1) is 5.92 Å². The summed E-state index contributed by atoms with van der Waals surface area (Å²) >= 11 is 0. The van der Waals surface area contributed by atoms with Gasteiger partial charge in [0.1, 0.15) is 5.75 Å². The van der Waals surface area contributed by atoms with Crippen molar-refractivity contribution in [3.63, 3.8) is 0 Å². The summed E-state index contributed by atoms with van der Waals surface area (Å²) in [4.78, 5) is 28.9. The fraction of sp³-hybridized carbons (Fsp3) is 0.619. The molecule has 3 aliphatic rings. The Morgan fingerprint density at radius 2 is 1.59 bits per heavy atom. The smallest absolute Gasteiger partial charge is 0.235 e. The largest absolute Gasteiger partial charge is 0.339 e. The van der Waals surface area contributed by atoms with E-state index in [-0.39, 0.29) is 28.7 Å². The number of amides is 2. The minimum atomic E-state index is -1.04. The summed E-state index contributed by atoms with van der Waals surface area (Å²) in [6.45, 7) is 2.32. The molecule has 0 N–H and O–H groups in total. The van der Waals surface area contributed by atoms with Crippen molar-refractivity contribution in [3.05, 3.63) is 35.9 Å². The van der Waals surface area contributed by atoms with Crippen molar-refractivity contribution < 1.29 is 13.8 Å². The highest BCUT2D eigenvalue weighted by molar-refractivity contribution is 7.86. The van der Waals surface area contributed by atoms with Crippen molar-refractivity contribution in [2.24, 2.45) is 5.92 Å². The molecule has 4 rings (SSSR count). The molecular formula is C21H28N2O3S. The van der Waals surface area contributed by atoms with Crippen molar-refractivity contribution in [2.75, 3.05) is 31.9 Å². The van der Waals surface area contributed by atoms with Crippen LogP contribution in [-0.4, -0.2) is 63.0 Å². The van der Waals surface area contributed by atoms with Gasteiger partial charge in [0, 0.05) is 48.1 Å². The second-order valence-corrected chi connectivity index (χ2v) is 9.71. The zero-order chi connectivity index (χ0) is 18.8. The Morgan fingerprint density at radius 1 is 0.963 bits per heavy atom. The third-order valence-corrected chi connectivity index (χ3v) is 7.97. The SMILES string of the molecule is O=C(CS(=O)C1CCCC1)N1CCN(C(=O)C2C[C@@H]2c2ccccc2)CC1. The maximum Gasteiger partial charge on any atom is 0.235 e. The Hall–Kier alpha value is -1.69. The molecule has 1 heterocycles. The molecule has 0 spiro atoms. The standard InChI is InChI=1S/C21H28N2O3S/c24-20(15-27(26)17-8-4-5-9-17)22-10-12-23(13-11-22)21(25)19-14-18(19)16-6-2-1-3-7-16/h1-3,6-7,17-19H,4-5,8-15H2/t18-,19?,27?/m1/s1. The quantitative estimate of drug-likeness (QED) is 0.777. The number of nitrogens with zero attached hydrogens (tertiary/aromatic N) is 2. The van der Waals surface area contributed by atoms with Crippen LogP contribution in [0.2, 0.25) is 0 Å². The monoisotopic (exact) mass is 388 g/mol. The fourth-order valence-electron chi connectivity index (χ4n) is 4.43. The van der Waals surface area contributed by atoms with Crippen molar-refractivity contribution >= 4 is 22.6 Å². The van der Waals surface area contributed by atoms with Gasteiger partial charge >= 0.3 is 0 Å². The highest BCUT2D eigenvalue weighted by atomic mass is 32.2. The van der Waals surface area contributed by atoms with E-state index in [4.69, 9.17) is 0 Å². The Morgan fingerprint density at radius 3 is 2.26 bits per heavy atom. The summed E-state index contributed by atoms with van der Waals surface area (Å²) in [5, 5.41) is 0.210. The van der Waals surface area contributed by atoms with Crippen LogP contribution in [0.15, 0.2) is 30.3 Å². The number of benzene rings is 1. The summed E-state index contributed by atoms with van der Waals surface area (Å²) in [5.74, 6) is 0.820. The maximum atomic E-state index is 12.7. The van der Waals surface area contributed by atoms with Gasteiger partial charge in [0.25, 0.3) is 0 Å². The zero-order valence-corrected chi connectivity index (χ0v) is 16.5. The molecule has 1 aromatic carbocycles. The van der Waals surface area contributed by atoms with Crippen LogP contribution >= 0.6 is 0 Å². The van der Waals surface area contributed by atoms with Crippen LogP contribution in [0.3, 0.4) is 0 Å². The van der Waals surface area contributed by atoms with Gasteiger partial charge in [0.15, 0.2) is 0 Å². The molecule has 2 amide bonds. The van der Waals surface area contributed by atoms with Gasteiger partial charge in [-0.25, -0.2) is 0 Å². The molecule has 2 aliphatic carbocycles. The third kappa shape index (κ3) is 4.26. The Balaban J connectivity index is 1.23. The average molecular weight is 389 g/mol. The Labute approximate surface area is 163 Å². The maximum absolute atomic E-state index is 12.7. The lowest BCUT2D eigenvalue weighted by Crippen LogP contribution is -2.52. The van der Waals surface area contributed by atoms with Gasteiger partial charge in [0.05, 0.1) is 0 Å². The predicted octanol–water partition coefficient (Wildman–Crippen LogP) is 2.15. The van der Waals surface area contributed by atoms with E-state index in [1.807, 2.05) is 23.1 Å². The van der Waals surface area contributed by atoms with Crippen molar-refractivity contribution in [1.82, 2.24) is 9.80 Å². The lowest BCUT2D eigenvalue weighted by molar-refractivity contribution is -0.139. The molecular weight excluding hydrogens is 360 g/mol. The van der Waals surface area contributed by atoms with E-state index in [1.54, 1.807) is 4.90 Å². The molecule has 3 fully saturated rings. The summed E-state index contributed by atoms with van der Waals surface area (Å²) in [7, 11) is -1.04. The molecule has 146 valence electrons. The van der Waals surface area contributed by atoms with Crippen molar-refractivity contribution in [2.45, 2.75) is 43.3 Å². The highest BCUT2D eigenvalue weighted by Gasteiger charge is 2.46. The summed E-state index contributed by atoms with van der Waals surface area (Å²) < 4.78 is 12.3. The molecule has 0 radical (unpaired) electrons. The van der Waals surface area contributed by atoms with E-state index in [9.17, 15) is 13.8 Å². The fourth-order valence-corrected chi connectivity index (χ4v) is 5.95. The lowest BCUT2D eigenvalue weighted by Gasteiger charge is -2.35. The first kappa shape index (κ1) is 18.7. The second-order valence-electron chi connectivity index (χ2n) is 8.00. The van der Waals surface area contributed by atoms with Gasteiger partial charge in [-0.3, -0.25) is 13.8 Å².